The van der Waals surface area contributed by atoms with Gasteiger partial charge in [-0.25, -0.2) is 0 Å². The smallest absolute Gasteiger partial charge is 0.270 e. The second kappa shape index (κ2) is 12.3. The van der Waals surface area contributed by atoms with Gasteiger partial charge in [-0.15, -0.1) is 0 Å². The minimum atomic E-state index is -0.630. The predicted octanol–water partition coefficient (Wildman–Crippen LogP) is 3.90. The first-order valence-electron chi connectivity index (χ1n) is 15.4. The van der Waals surface area contributed by atoms with Gasteiger partial charge in [-0.05, 0) is 105 Å². The Morgan fingerprint density at radius 3 is 2.17 bits per heavy atom. The molecule has 0 unspecified atom stereocenters. The number of amides is 4. The van der Waals surface area contributed by atoms with Crippen molar-refractivity contribution in [2.45, 2.75) is 97.3 Å². The summed E-state index contributed by atoms with van der Waals surface area (Å²) in [6.07, 6.45) is 7.51. The quantitative estimate of drug-likeness (QED) is 0.304. The molecule has 3 aliphatic rings. The van der Waals surface area contributed by atoms with Crippen molar-refractivity contribution in [1.82, 2.24) is 25.7 Å². The van der Waals surface area contributed by atoms with Gasteiger partial charge >= 0.3 is 0 Å². The molecule has 5 rings (SSSR count). The highest BCUT2D eigenvalue weighted by molar-refractivity contribution is 6.01. The van der Waals surface area contributed by atoms with Crippen molar-refractivity contribution in [2.24, 2.45) is 23.7 Å². The Balaban J connectivity index is 1.30. The van der Waals surface area contributed by atoms with E-state index in [1.165, 1.54) is 6.92 Å². The van der Waals surface area contributed by atoms with Crippen LogP contribution in [0.4, 0.5) is 5.69 Å². The lowest BCUT2D eigenvalue weighted by atomic mass is 9.88. The van der Waals surface area contributed by atoms with E-state index in [4.69, 9.17) is 0 Å². The maximum Gasteiger partial charge on any atom is 0.270 e. The Morgan fingerprint density at radius 1 is 0.881 bits per heavy atom. The molecule has 42 heavy (non-hydrogen) atoms. The molecule has 1 aromatic carbocycles. The molecule has 1 aromatic heterocycles. The first-order chi connectivity index (χ1) is 20.0. The summed E-state index contributed by atoms with van der Waals surface area (Å²) in [4.78, 5) is 51.8. The van der Waals surface area contributed by atoms with Crippen LogP contribution in [0.5, 0.6) is 0 Å². The van der Waals surface area contributed by atoms with E-state index in [2.05, 4.69) is 26.4 Å². The van der Waals surface area contributed by atoms with Gasteiger partial charge in [0.25, 0.3) is 5.91 Å². The van der Waals surface area contributed by atoms with Gasteiger partial charge in [-0.3, -0.25) is 23.9 Å². The van der Waals surface area contributed by atoms with Crippen molar-refractivity contribution < 1.29 is 19.2 Å². The first kappa shape index (κ1) is 29.8. The second-order valence-corrected chi connectivity index (χ2v) is 12.9. The van der Waals surface area contributed by atoms with E-state index in [-0.39, 0.29) is 47.5 Å². The number of nitrogens with zero attached hydrogens (tertiary/aromatic N) is 2. The third-order valence-corrected chi connectivity index (χ3v) is 8.79. The lowest BCUT2D eigenvalue weighted by Gasteiger charge is -2.28. The molecule has 2 aromatic rings. The number of carbonyl (C=O) groups excluding carboxylic acids is 4. The molecular weight excluding hydrogens is 532 g/mol. The molecule has 1 heterocycles. The molecule has 10 heteroatoms. The van der Waals surface area contributed by atoms with Crippen molar-refractivity contribution in [3.05, 3.63) is 47.3 Å². The summed E-state index contributed by atoms with van der Waals surface area (Å²) in [7, 11) is 0. The largest absolute Gasteiger partial charge is 0.347 e. The summed E-state index contributed by atoms with van der Waals surface area (Å²) in [5, 5.41) is 16.4. The predicted molar refractivity (Wildman–Crippen MR) is 160 cm³/mol. The minimum Gasteiger partial charge on any atom is -0.347 e. The van der Waals surface area contributed by atoms with Crippen LogP contribution in [0.2, 0.25) is 0 Å². The number of hydrogen-bond acceptors (Lipinski definition) is 5. The van der Waals surface area contributed by atoms with E-state index in [9.17, 15) is 19.2 Å². The third-order valence-electron chi connectivity index (χ3n) is 8.79. The number of hydrogen-bond donors (Lipinski definition) is 4. The summed E-state index contributed by atoms with van der Waals surface area (Å²) >= 11 is 0. The summed E-state index contributed by atoms with van der Waals surface area (Å²) in [6.45, 7) is 9.17. The molecule has 0 aliphatic heterocycles. The van der Waals surface area contributed by atoms with E-state index < -0.39 is 12.1 Å². The minimum absolute atomic E-state index is 0.0253. The average molecular weight is 577 g/mol. The van der Waals surface area contributed by atoms with E-state index in [1.807, 2.05) is 45.9 Å². The lowest BCUT2D eigenvalue weighted by Crippen LogP contribution is -2.50. The third kappa shape index (κ3) is 6.68. The van der Waals surface area contributed by atoms with Crippen LogP contribution < -0.4 is 21.3 Å². The van der Waals surface area contributed by atoms with E-state index in [0.29, 0.717) is 23.2 Å². The zero-order valence-electron chi connectivity index (χ0n) is 25.3. The standard InChI is InChI=1S/C32H44N6O4/c1-17(2)28(34-19(5)39)31(41)36-25-13-10-22-16-23(11-12-24(22)25)35-32(42)29(27(20-6-7-20)21-8-9-21)37-30(40)26-14-15-33-38(26)18(3)4/h11-12,14-18,20-21,25,27-29H,6-10,13H2,1-5H3,(H,34,39)(H,35,42)(H,36,41)(H,37,40)/t25-,28-,29+/m1/s1. The number of aromatic nitrogens is 2. The SMILES string of the molecule is CC(=O)N[C@@H](C(=O)N[C@@H]1CCc2cc(NC(=O)[C@@H](NC(=O)c3ccnn3C(C)C)C(C3CC3)C3CC3)ccc21)C(C)C. The Morgan fingerprint density at radius 2 is 1.57 bits per heavy atom. The molecule has 2 saturated carbocycles. The van der Waals surface area contributed by atoms with Gasteiger partial charge in [0.15, 0.2) is 0 Å². The molecule has 0 bridgehead atoms. The van der Waals surface area contributed by atoms with Gasteiger partial charge in [-0.2, -0.15) is 5.10 Å². The van der Waals surface area contributed by atoms with Crippen molar-refractivity contribution in [2.75, 3.05) is 5.32 Å². The Bertz CT molecular complexity index is 1330. The van der Waals surface area contributed by atoms with Gasteiger partial charge in [-0.1, -0.05) is 19.9 Å². The summed E-state index contributed by atoms with van der Waals surface area (Å²) in [5.74, 6) is 0.0958. The number of benzene rings is 1. The van der Waals surface area contributed by atoms with Gasteiger partial charge in [0.2, 0.25) is 17.7 Å². The highest BCUT2D eigenvalue weighted by Gasteiger charge is 2.48. The van der Waals surface area contributed by atoms with Crippen LogP contribution in [0.15, 0.2) is 30.5 Å². The molecule has 3 aliphatic carbocycles. The van der Waals surface area contributed by atoms with Crippen molar-refractivity contribution >= 4 is 29.3 Å². The highest BCUT2D eigenvalue weighted by Crippen LogP contribution is 2.51. The van der Waals surface area contributed by atoms with Crippen LogP contribution in [0.1, 0.15) is 100 Å². The molecule has 0 saturated heterocycles. The maximum absolute atomic E-state index is 13.8. The lowest BCUT2D eigenvalue weighted by molar-refractivity contribution is -0.129. The van der Waals surface area contributed by atoms with Crippen molar-refractivity contribution in [3.8, 4) is 0 Å². The summed E-state index contributed by atoms with van der Waals surface area (Å²) in [6, 6.07) is 6.14. The van der Waals surface area contributed by atoms with E-state index in [1.54, 1.807) is 16.9 Å². The van der Waals surface area contributed by atoms with Gasteiger partial charge in [0.05, 0.1) is 6.04 Å². The number of fused-ring (bicyclic) bond motifs is 1. The van der Waals surface area contributed by atoms with E-state index in [0.717, 1.165) is 49.7 Å². The van der Waals surface area contributed by atoms with Gasteiger partial charge < -0.3 is 21.3 Å². The average Bonchev–Trinajstić information content (AvgIpc) is 3.86. The van der Waals surface area contributed by atoms with Gasteiger partial charge in [0, 0.05) is 24.8 Å². The zero-order chi connectivity index (χ0) is 30.1. The van der Waals surface area contributed by atoms with Crippen molar-refractivity contribution in [3.63, 3.8) is 0 Å². The van der Waals surface area contributed by atoms with Crippen LogP contribution in [-0.2, 0) is 20.8 Å². The molecule has 3 atom stereocenters. The Kier molecular flexibility index (Phi) is 8.70. The Labute approximate surface area is 247 Å². The number of nitrogens with one attached hydrogen (secondary N) is 4. The zero-order valence-corrected chi connectivity index (χ0v) is 25.3. The molecule has 2 fully saturated rings. The van der Waals surface area contributed by atoms with Gasteiger partial charge in [0.1, 0.15) is 17.8 Å². The molecule has 0 radical (unpaired) electrons. The normalized spacial score (nSPS) is 19.4. The fraction of sp³-hybridized carbons (Fsp3) is 0.594. The molecule has 4 amide bonds. The summed E-state index contributed by atoms with van der Waals surface area (Å²) < 4.78 is 1.68. The molecule has 10 nitrogen and oxygen atoms in total. The van der Waals surface area contributed by atoms with Crippen LogP contribution >= 0.6 is 0 Å². The molecular formula is C32H44N6O4. The van der Waals surface area contributed by atoms with Crippen LogP contribution in [0.3, 0.4) is 0 Å². The topological polar surface area (TPSA) is 134 Å². The number of anilines is 1. The maximum atomic E-state index is 13.8. The fourth-order valence-corrected chi connectivity index (χ4v) is 6.43. The molecule has 4 N–H and O–H groups in total. The first-order valence-corrected chi connectivity index (χ1v) is 15.4. The van der Waals surface area contributed by atoms with Crippen LogP contribution in [0.25, 0.3) is 0 Å². The highest BCUT2D eigenvalue weighted by atomic mass is 16.2. The fourth-order valence-electron chi connectivity index (χ4n) is 6.43. The Hall–Kier alpha value is -3.69. The molecule has 0 spiro atoms. The monoisotopic (exact) mass is 576 g/mol. The van der Waals surface area contributed by atoms with E-state index >= 15 is 0 Å². The number of carbonyl (C=O) groups is 4. The number of rotatable bonds is 12. The van der Waals surface area contributed by atoms with Crippen molar-refractivity contribution in [1.29, 1.82) is 0 Å². The summed E-state index contributed by atoms with van der Waals surface area (Å²) in [5.41, 5.74) is 3.23. The van der Waals surface area contributed by atoms with Crippen LogP contribution in [-0.4, -0.2) is 45.5 Å². The molecule has 226 valence electrons. The second-order valence-electron chi connectivity index (χ2n) is 12.9. The van der Waals surface area contributed by atoms with Crippen LogP contribution in [0, 0.1) is 23.7 Å². The number of aryl methyl sites for hydroxylation is 1.